The van der Waals surface area contributed by atoms with Crippen LogP contribution in [0.5, 0.6) is 0 Å². The van der Waals surface area contributed by atoms with Crippen molar-refractivity contribution in [3.63, 3.8) is 0 Å². The van der Waals surface area contributed by atoms with Gasteiger partial charge in [0.1, 0.15) is 5.69 Å². The second-order valence-corrected chi connectivity index (χ2v) is 4.73. The van der Waals surface area contributed by atoms with Crippen LogP contribution in [-0.4, -0.2) is 16.9 Å². The molecule has 0 unspecified atom stereocenters. The minimum atomic E-state index is -0.235. The molecule has 0 saturated heterocycles. The SMILES string of the molecule is CC(C)(CO)c1ccc(-c2cc(N)on2)cc1. The summed E-state index contributed by atoms with van der Waals surface area (Å²) in [5, 5.41) is 13.1. The van der Waals surface area contributed by atoms with E-state index in [1.54, 1.807) is 6.07 Å². The smallest absolute Gasteiger partial charge is 0.222 e. The van der Waals surface area contributed by atoms with Crippen molar-refractivity contribution in [3.05, 3.63) is 35.9 Å². The molecule has 0 saturated carbocycles. The molecule has 0 atom stereocenters. The molecule has 2 rings (SSSR count). The van der Waals surface area contributed by atoms with Crippen molar-refractivity contribution in [2.75, 3.05) is 12.3 Å². The first-order valence-corrected chi connectivity index (χ1v) is 5.47. The number of aliphatic hydroxyl groups excluding tert-OH is 1. The van der Waals surface area contributed by atoms with Gasteiger partial charge < -0.3 is 15.4 Å². The number of nitrogen functional groups attached to an aromatic ring is 1. The Kier molecular flexibility index (Phi) is 2.90. The molecule has 0 bridgehead atoms. The van der Waals surface area contributed by atoms with Gasteiger partial charge in [0.2, 0.25) is 5.88 Å². The lowest BCUT2D eigenvalue weighted by Crippen LogP contribution is -2.21. The molecule has 3 N–H and O–H groups in total. The van der Waals surface area contributed by atoms with Crippen LogP contribution in [0.4, 0.5) is 5.88 Å². The van der Waals surface area contributed by atoms with Gasteiger partial charge in [-0.2, -0.15) is 0 Å². The van der Waals surface area contributed by atoms with E-state index in [9.17, 15) is 5.11 Å². The molecule has 0 aliphatic carbocycles. The Bertz CT molecular complexity index is 500. The summed E-state index contributed by atoms with van der Waals surface area (Å²) in [6.07, 6.45) is 0. The molecule has 17 heavy (non-hydrogen) atoms. The molecule has 1 heterocycles. The van der Waals surface area contributed by atoms with Crippen molar-refractivity contribution in [1.29, 1.82) is 0 Å². The molecule has 90 valence electrons. The third-order valence-corrected chi connectivity index (χ3v) is 2.89. The molecule has 0 fully saturated rings. The van der Waals surface area contributed by atoms with Crippen molar-refractivity contribution in [1.82, 2.24) is 5.16 Å². The fourth-order valence-electron chi connectivity index (χ4n) is 1.61. The van der Waals surface area contributed by atoms with Gasteiger partial charge in [-0.25, -0.2) is 0 Å². The Hall–Kier alpha value is -1.81. The van der Waals surface area contributed by atoms with E-state index in [2.05, 4.69) is 5.16 Å². The number of nitrogens with two attached hydrogens (primary N) is 1. The molecule has 1 aromatic carbocycles. The van der Waals surface area contributed by atoms with Crippen molar-refractivity contribution < 1.29 is 9.63 Å². The van der Waals surface area contributed by atoms with Crippen LogP contribution in [0.3, 0.4) is 0 Å². The summed E-state index contributed by atoms with van der Waals surface area (Å²) in [5.41, 5.74) is 7.99. The minimum absolute atomic E-state index is 0.114. The fraction of sp³-hybridized carbons (Fsp3) is 0.308. The van der Waals surface area contributed by atoms with E-state index in [1.165, 1.54) is 0 Å². The molecular weight excluding hydrogens is 216 g/mol. The lowest BCUT2D eigenvalue weighted by atomic mass is 9.85. The molecule has 1 aromatic heterocycles. The Labute approximate surface area is 100 Å². The van der Waals surface area contributed by atoms with E-state index in [1.807, 2.05) is 38.1 Å². The van der Waals surface area contributed by atoms with Gasteiger partial charge in [0.05, 0.1) is 6.61 Å². The first-order chi connectivity index (χ1) is 8.03. The van der Waals surface area contributed by atoms with Gasteiger partial charge in [-0.05, 0) is 5.56 Å². The van der Waals surface area contributed by atoms with Crippen LogP contribution < -0.4 is 5.73 Å². The highest BCUT2D eigenvalue weighted by molar-refractivity contribution is 5.61. The summed E-state index contributed by atoms with van der Waals surface area (Å²) in [7, 11) is 0. The first-order valence-electron chi connectivity index (χ1n) is 5.47. The standard InChI is InChI=1S/C13H16N2O2/c1-13(2,8-16)10-5-3-9(4-6-10)11-7-12(14)17-15-11/h3-7,16H,8,14H2,1-2H3. The topological polar surface area (TPSA) is 72.3 Å². The van der Waals surface area contributed by atoms with E-state index in [0.717, 1.165) is 16.8 Å². The van der Waals surface area contributed by atoms with Gasteiger partial charge in [-0.1, -0.05) is 43.3 Å². The lowest BCUT2D eigenvalue weighted by molar-refractivity contribution is 0.218. The van der Waals surface area contributed by atoms with Gasteiger partial charge in [0, 0.05) is 17.0 Å². The molecule has 0 spiro atoms. The van der Waals surface area contributed by atoms with Gasteiger partial charge in [0.15, 0.2) is 0 Å². The summed E-state index contributed by atoms with van der Waals surface area (Å²) in [5.74, 6) is 0.305. The zero-order valence-corrected chi connectivity index (χ0v) is 9.97. The van der Waals surface area contributed by atoms with Gasteiger partial charge >= 0.3 is 0 Å². The van der Waals surface area contributed by atoms with Crippen LogP contribution in [0.25, 0.3) is 11.3 Å². The van der Waals surface area contributed by atoms with Gasteiger partial charge in [0.25, 0.3) is 0 Å². The maximum atomic E-state index is 9.29. The zero-order valence-electron chi connectivity index (χ0n) is 9.97. The third-order valence-electron chi connectivity index (χ3n) is 2.89. The average molecular weight is 232 g/mol. The van der Waals surface area contributed by atoms with Crippen LogP contribution in [0.15, 0.2) is 34.9 Å². The first kappa shape index (κ1) is 11.7. The van der Waals surface area contributed by atoms with Crippen LogP contribution in [-0.2, 0) is 5.41 Å². The number of nitrogens with zero attached hydrogens (tertiary/aromatic N) is 1. The number of rotatable bonds is 3. The Balaban J connectivity index is 2.30. The zero-order chi connectivity index (χ0) is 12.5. The number of aromatic nitrogens is 1. The monoisotopic (exact) mass is 232 g/mol. The average Bonchev–Trinajstić information content (AvgIpc) is 2.76. The van der Waals surface area contributed by atoms with Crippen molar-refractivity contribution >= 4 is 5.88 Å². The van der Waals surface area contributed by atoms with Crippen LogP contribution in [0.1, 0.15) is 19.4 Å². The molecule has 4 nitrogen and oxygen atoms in total. The molecule has 0 radical (unpaired) electrons. The summed E-state index contributed by atoms with van der Waals surface area (Å²) in [6.45, 7) is 4.11. The van der Waals surface area contributed by atoms with E-state index >= 15 is 0 Å². The van der Waals surface area contributed by atoms with Crippen LogP contribution in [0.2, 0.25) is 0 Å². The normalized spacial score (nSPS) is 11.7. The summed E-state index contributed by atoms with van der Waals surface area (Å²) in [4.78, 5) is 0. The molecule has 0 aliphatic rings. The highest BCUT2D eigenvalue weighted by atomic mass is 16.5. The van der Waals surface area contributed by atoms with Crippen molar-refractivity contribution in [2.45, 2.75) is 19.3 Å². The Morgan fingerprint density at radius 1 is 1.29 bits per heavy atom. The van der Waals surface area contributed by atoms with E-state index in [4.69, 9.17) is 10.3 Å². The predicted molar refractivity (Wildman–Crippen MR) is 66.5 cm³/mol. The molecule has 4 heteroatoms. The van der Waals surface area contributed by atoms with Crippen LogP contribution in [0, 0.1) is 0 Å². The molecule has 2 aromatic rings. The Morgan fingerprint density at radius 3 is 2.41 bits per heavy atom. The number of aliphatic hydroxyl groups is 1. The summed E-state index contributed by atoms with van der Waals surface area (Å²) < 4.78 is 4.83. The second kappa shape index (κ2) is 4.22. The third kappa shape index (κ3) is 2.31. The molecule has 0 aliphatic heterocycles. The lowest BCUT2D eigenvalue weighted by Gasteiger charge is -2.22. The number of hydrogen-bond donors (Lipinski definition) is 2. The van der Waals surface area contributed by atoms with E-state index < -0.39 is 0 Å². The van der Waals surface area contributed by atoms with Crippen molar-refractivity contribution in [3.8, 4) is 11.3 Å². The fourth-order valence-corrected chi connectivity index (χ4v) is 1.61. The predicted octanol–water partition coefficient (Wildman–Crippen LogP) is 2.19. The highest BCUT2D eigenvalue weighted by Crippen LogP contribution is 2.26. The second-order valence-electron chi connectivity index (χ2n) is 4.73. The number of benzene rings is 1. The van der Waals surface area contributed by atoms with Crippen LogP contribution >= 0.6 is 0 Å². The maximum Gasteiger partial charge on any atom is 0.222 e. The van der Waals surface area contributed by atoms with Gasteiger partial charge in [-0.15, -0.1) is 0 Å². The molecule has 0 amide bonds. The number of hydrogen-bond acceptors (Lipinski definition) is 4. The largest absolute Gasteiger partial charge is 0.395 e. The maximum absolute atomic E-state index is 9.29. The quantitative estimate of drug-likeness (QED) is 0.850. The highest BCUT2D eigenvalue weighted by Gasteiger charge is 2.19. The Morgan fingerprint density at radius 2 is 1.94 bits per heavy atom. The van der Waals surface area contributed by atoms with Gasteiger partial charge in [-0.3, -0.25) is 0 Å². The van der Waals surface area contributed by atoms with Crippen molar-refractivity contribution in [2.24, 2.45) is 0 Å². The van der Waals surface area contributed by atoms with E-state index in [0.29, 0.717) is 5.88 Å². The number of anilines is 1. The summed E-state index contributed by atoms with van der Waals surface area (Å²) in [6, 6.07) is 9.55. The minimum Gasteiger partial charge on any atom is -0.395 e. The molecular formula is C13H16N2O2. The van der Waals surface area contributed by atoms with E-state index in [-0.39, 0.29) is 12.0 Å². The summed E-state index contributed by atoms with van der Waals surface area (Å²) >= 11 is 0.